The number of nitrogens with zero attached hydrogens (tertiary/aromatic N) is 4. The van der Waals surface area contributed by atoms with Gasteiger partial charge in [-0.2, -0.15) is 5.10 Å². The van der Waals surface area contributed by atoms with Gasteiger partial charge in [-0.25, -0.2) is 4.98 Å². The highest BCUT2D eigenvalue weighted by Gasteiger charge is 2.18. The number of aromatic nitrogens is 3. The maximum Gasteiger partial charge on any atom is 0.274 e. The molecule has 8 heteroatoms. The number of anilines is 1. The molecule has 3 heterocycles. The maximum absolute atomic E-state index is 12.5. The Morgan fingerprint density at radius 2 is 2.08 bits per heavy atom. The van der Waals surface area contributed by atoms with Crippen LogP contribution < -0.4 is 11.1 Å². The zero-order valence-corrected chi connectivity index (χ0v) is 14.2. The van der Waals surface area contributed by atoms with Crippen molar-refractivity contribution < 1.29 is 9.59 Å². The van der Waals surface area contributed by atoms with Crippen LogP contribution in [0, 0.1) is 0 Å². The van der Waals surface area contributed by atoms with E-state index in [1.165, 1.54) is 10.9 Å². The minimum absolute atomic E-state index is 0.0172. The lowest BCUT2D eigenvalue weighted by atomic mass is 10.1. The summed E-state index contributed by atoms with van der Waals surface area (Å²) in [6, 6.07) is 5.32. The number of nitrogens with one attached hydrogen (secondary N) is 1. The third-order valence-electron chi connectivity index (χ3n) is 3.96. The molecule has 8 nitrogen and oxygen atoms in total. The monoisotopic (exact) mass is 340 g/mol. The highest BCUT2D eigenvalue weighted by atomic mass is 16.2. The Bertz CT molecular complexity index is 855. The summed E-state index contributed by atoms with van der Waals surface area (Å²) in [6.07, 6.45) is 4.64. The van der Waals surface area contributed by atoms with Gasteiger partial charge in [-0.1, -0.05) is 12.1 Å². The number of carbonyl (C=O) groups excluding carboxylic acids is 2. The first kappa shape index (κ1) is 16.8. The summed E-state index contributed by atoms with van der Waals surface area (Å²) in [5.41, 5.74) is 7.72. The van der Waals surface area contributed by atoms with E-state index in [9.17, 15) is 9.59 Å². The summed E-state index contributed by atoms with van der Waals surface area (Å²) in [5.74, 6) is -1.12. The van der Waals surface area contributed by atoms with Crippen molar-refractivity contribution in [2.45, 2.75) is 6.42 Å². The number of rotatable bonds is 4. The number of hydrogen-bond donors (Lipinski definition) is 2. The van der Waals surface area contributed by atoms with Gasteiger partial charge in [0.25, 0.3) is 11.8 Å². The fourth-order valence-corrected chi connectivity index (χ4v) is 2.77. The first-order valence-electron chi connectivity index (χ1n) is 7.94. The summed E-state index contributed by atoms with van der Waals surface area (Å²) in [5, 5.41) is 6.60. The van der Waals surface area contributed by atoms with Crippen LogP contribution in [0.1, 0.15) is 33.1 Å². The molecule has 1 aliphatic rings. The number of primary amides is 1. The zero-order chi connectivity index (χ0) is 18.0. The van der Waals surface area contributed by atoms with Gasteiger partial charge in [-0.3, -0.25) is 14.3 Å². The number of pyridine rings is 1. The van der Waals surface area contributed by atoms with E-state index >= 15 is 0 Å². The van der Waals surface area contributed by atoms with E-state index in [0.717, 1.165) is 30.8 Å². The second-order valence-electron chi connectivity index (χ2n) is 6.05. The van der Waals surface area contributed by atoms with E-state index in [-0.39, 0.29) is 17.1 Å². The summed E-state index contributed by atoms with van der Waals surface area (Å²) in [4.78, 5) is 30.6. The second kappa shape index (κ2) is 6.86. The van der Waals surface area contributed by atoms with Crippen molar-refractivity contribution >= 4 is 23.1 Å². The molecule has 0 aliphatic carbocycles. The van der Waals surface area contributed by atoms with E-state index in [1.807, 2.05) is 6.07 Å². The fourth-order valence-electron chi connectivity index (χ4n) is 2.77. The van der Waals surface area contributed by atoms with Crippen LogP contribution >= 0.6 is 0 Å². The standard InChI is InChI=1S/C17H20N6O2/c1-22-8-4-5-11(9-22)12-6-3-7-13(19-12)17(25)20-14-10-23(2)21-15(14)16(18)24/h3,5-7,10H,4,8-9H2,1-2H3,(H2,18,24)(H,20,25). The minimum atomic E-state index is -0.701. The molecule has 25 heavy (non-hydrogen) atoms. The van der Waals surface area contributed by atoms with E-state index in [4.69, 9.17) is 5.73 Å². The van der Waals surface area contributed by atoms with Gasteiger partial charge in [0, 0.05) is 26.3 Å². The maximum atomic E-state index is 12.5. The molecule has 2 aromatic rings. The molecule has 0 radical (unpaired) electrons. The van der Waals surface area contributed by atoms with Gasteiger partial charge in [0.05, 0.1) is 11.4 Å². The van der Waals surface area contributed by atoms with Crippen LogP contribution in [-0.4, -0.2) is 51.6 Å². The molecule has 3 N–H and O–H groups in total. The molecule has 0 spiro atoms. The van der Waals surface area contributed by atoms with Crippen molar-refractivity contribution in [3.8, 4) is 0 Å². The van der Waals surface area contributed by atoms with Crippen molar-refractivity contribution in [1.82, 2.24) is 19.7 Å². The molecule has 0 fully saturated rings. The van der Waals surface area contributed by atoms with E-state index in [1.54, 1.807) is 19.2 Å². The van der Waals surface area contributed by atoms with E-state index in [2.05, 4.69) is 33.4 Å². The Hall–Kier alpha value is -3.00. The van der Waals surface area contributed by atoms with Crippen molar-refractivity contribution in [2.75, 3.05) is 25.5 Å². The Labute approximate surface area is 145 Å². The minimum Gasteiger partial charge on any atom is -0.364 e. The number of carbonyl (C=O) groups is 2. The van der Waals surface area contributed by atoms with Crippen LogP contribution in [0.3, 0.4) is 0 Å². The lowest BCUT2D eigenvalue weighted by molar-refractivity contribution is 0.0995. The SMILES string of the molecule is CN1CCC=C(c2cccc(C(=O)Nc3cn(C)nc3C(N)=O)n2)C1. The lowest BCUT2D eigenvalue weighted by Gasteiger charge is -2.22. The predicted octanol–water partition coefficient (Wildman–Crippen LogP) is 0.885. The van der Waals surface area contributed by atoms with Crippen LogP contribution in [0.4, 0.5) is 5.69 Å². The van der Waals surface area contributed by atoms with Gasteiger partial charge in [-0.05, 0) is 31.2 Å². The third kappa shape index (κ3) is 3.74. The first-order valence-corrected chi connectivity index (χ1v) is 7.94. The third-order valence-corrected chi connectivity index (χ3v) is 3.96. The Morgan fingerprint density at radius 3 is 2.80 bits per heavy atom. The summed E-state index contributed by atoms with van der Waals surface area (Å²) >= 11 is 0. The molecule has 3 rings (SSSR count). The molecule has 0 atom stereocenters. The molecule has 0 aromatic carbocycles. The number of hydrogen-bond acceptors (Lipinski definition) is 5. The second-order valence-corrected chi connectivity index (χ2v) is 6.05. The zero-order valence-electron chi connectivity index (χ0n) is 14.2. The van der Waals surface area contributed by atoms with E-state index < -0.39 is 11.8 Å². The molecule has 0 bridgehead atoms. The summed E-state index contributed by atoms with van der Waals surface area (Å²) < 4.78 is 1.42. The van der Waals surface area contributed by atoms with Gasteiger partial charge in [0.15, 0.2) is 5.69 Å². The number of aryl methyl sites for hydroxylation is 1. The number of nitrogens with two attached hydrogens (primary N) is 1. The van der Waals surface area contributed by atoms with Crippen LogP contribution in [0.15, 0.2) is 30.5 Å². The number of likely N-dealkylation sites (N-methyl/N-ethyl adjacent to an activating group) is 1. The molecule has 2 amide bonds. The lowest BCUT2D eigenvalue weighted by Crippen LogP contribution is -2.25. The van der Waals surface area contributed by atoms with Crippen LogP contribution in [0.5, 0.6) is 0 Å². The van der Waals surface area contributed by atoms with Gasteiger partial charge in [-0.15, -0.1) is 0 Å². The Balaban J connectivity index is 1.83. The number of amides is 2. The van der Waals surface area contributed by atoms with Gasteiger partial charge in [0.2, 0.25) is 0 Å². The smallest absolute Gasteiger partial charge is 0.274 e. The topological polar surface area (TPSA) is 106 Å². The molecule has 130 valence electrons. The molecule has 2 aromatic heterocycles. The summed E-state index contributed by atoms with van der Waals surface area (Å²) in [6.45, 7) is 1.81. The van der Waals surface area contributed by atoms with Crippen molar-refractivity contribution in [2.24, 2.45) is 12.8 Å². The molecule has 0 saturated heterocycles. The summed E-state index contributed by atoms with van der Waals surface area (Å²) in [7, 11) is 3.70. The highest BCUT2D eigenvalue weighted by molar-refractivity contribution is 6.07. The highest BCUT2D eigenvalue weighted by Crippen LogP contribution is 2.19. The normalized spacial score (nSPS) is 14.9. The van der Waals surface area contributed by atoms with Gasteiger partial charge < -0.3 is 16.0 Å². The largest absolute Gasteiger partial charge is 0.364 e. The van der Waals surface area contributed by atoms with Crippen molar-refractivity contribution in [1.29, 1.82) is 0 Å². The van der Waals surface area contributed by atoms with E-state index in [0.29, 0.717) is 0 Å². The average molecular weight is 340 g/mol. The fraction of sp³-hybridized carbons (Fsp3) is 0.294. The average Bonchev–Trinajstić information content (AvgIpc) is 2.95. The molecule has 0 unspecified atom stereocenters. The van der Waals surface area contributed by atoms with Crippen LogP contribution in [0.2, 0.25) is 0 Å². The van der Waals surface area contributed by atoms with Gasteiger partial charge >= 0.3 is 0 Å². The van der Waals surface area contributed by atoms with Gasteiger partial charge in [0.1, 0.15) is 5.69 Å². The first-order chi connectivity index (χ1) is 11.9. The van der Waals surface area contributed by atoms with Crippen molar-refractivity contribution in [3.05, 3.63) is 47.6 Å². The quantitative estimate of drug-likeness (QED) is 0.859. The van der Waals surface area contributed by atoms with Crippen LogP contribution in [-0.2, 0) is 7.05 Å². The van der Waals surface area contributed by atoms with Crippen molar-refractivity contribution in [3.63, 3.8) is 0 Å². The molecular formula is C17H20N6O2. The molecule has 0 saturated carbocycles. The Kier molecular flexibility index (Phi) is 4.62. The predicted molar refractivity (Wildman–Crippen MR) is 94.0 cm³/mol. The molecular weight excluding hydrogens is 320 g/mol. The molecule has 1 aliphatic heterocycles. The van der Waals surface area contributed by atoms with Crippen LogP contribution in [0.25, 0.3) is 5.57 Å². The Morgan fingerprint density at radius 1 is 1.28 bits per heavy atom.